The van der Waals surface area contributed by atoms with Gasteiger partial charge in [-0.1, -0.05) is 11.6 Å². The molecule has 0 radical (unpaired) electrons. The molecule has 0 fully saturated rings. The summed E-state index contributed by atoms with van der Waals surface area (Å²) in [5, 5.41) is 7.14. The largest absolute Gasteiger partial charge is 0.387 e. The molecule has 21 heavy (non-hydrogen) atoms. The van der Waals surface area contributed by atoms with Crippen molar-refractivity contribution in [2.75, 3.05) is 12.4 Å². The molecule has 1 atom stereocenters. The van der Waals surface area contributed by atoms with Crippen molar-refractivity contribution in [1.29, 1.82) is 0 Å². The summed E-state index contributed by atoms with van der Waals surface area (Å²) >= 11 is 1.63. The number of nitrogens with zero attached hydrogens (tertiary/aromatic N) is 1. The maximum Gasteiger partial charge on any atom is 0.253 e. The minimum atomic E-state index is -0.0685. The predicted molar refractivity (Wildman–Crippen MR) is 88.2 cm³/mol. The first kappa shape index (κ1) is 15.5. The third-order valence-corrected chi connectivity index (χ3v) is 4.62. The molecule has 0 saturated heterocycles. The minimum Gasteiger partial charge on any atom is -0.387 e. The molecule has 4 nitrogen and oxygen atoms in total. The number of hydrogen-bond donors (Lipinski definition) is 2. The molecule has 1 unspecified atom stereocenters. The fourth-order valence-electron chi connectivity index (χ4n) is 2.35. The van der Waals surface area contributed by atoms with Crippen molar-refractivity contribution in [2.24, 2.45) is 0 Å². The number of carbonyl (C=O) groups is 1. The molecule has 5 heteroatoms. The maximum atomic E-state index is 12.5. The molecular weight excluding hydrogens is 282 g/mol. The molecule has 1 aromatic heterocycles. The van der Waals surface area contributed by atoms with E-state index >= 15 is 0 Å². The summed E-state index contributed by atoms with van der Waals surface area (Å²) in [6, 6.07) is 5.77. The van der Waals surface area contributed by atoms with Crippen molar-refractivity contribution >= 4 is 22.9 Å². The quantitative estimate of drug-likeness (QED) is 0.907. The van der Waals surface area contributed by atoms with Crippen LogP contribution in [-0.2, 0) is 0 Å². The highest BCUT2D eigenvalue weighted by molar-refractivity contribution is 7.11. The summed E-state index contributed by atoms with van der Waals surface area (Å²) in [5.41, 5.74) is 3.56. The summed E-state index contributed by atoms with van der Waals surface area (Å²) < 4.78 is 0. The lowest BCUT2D eigenvalue weighted by Crippen LogP contribution is -2.27. The van der Waals surface area contributed by atoms with Crippen molar-refractivity contribution in [3.8, 4) is 0 Å². The van der Waals surface area contributed by atoms with E-state index in [1.54, 1.807) is 11.3 Å². The van der Waals surface area contributed by atoms with Crippen molar-refractivity contribution in [2.45, 2.75) is 33.7 Å². The van der Waals surface area contributed by atoms with Crippen molar-refractivity contribution in [3.05, 3.63) is 44.9 Å². The van der Waals surface area contributed by atoms with E-state index in [4.69, 9.17) is 0 Å². The Hall–Kier alpha value is -1.88. The van der Waals surface area contributed by atoms with Gasteiger partial charge < -0.3 is 10.6 Å². The molecule has 0 aliphatic carbocycles. The maximum absolute atomic E-state index is 12.5. The summed E-state index contributed by atoms with van der Waals surface area (Å²) in [6.45, 7) is 7.94. The van der Waals surface area contributed by atoms with E-state index in [1.807, 2.05) is 52.9 Å². The molecule has 2 rings (SSSR count). The van der Waals surface area contributed by atoms with Crippen LogP contribution in [0.5, 0.6) is 0 Å². The number of hydrogen-bond acceptors (Lipinski definition) is 4. The molecule has 0 aliphatic rings. The lowest BCUT2D eigenvalue weighted by atomic mass is 10.1. The Morgan fingerprint density at radius 1 is 1.29 bits per heavy atom. The normalized spacial score (nSPS) is 12.0. The summed E-state index contributed by atoms with van der Waals surface area (Å²) in [4.78, 5) is 18.0. The highest BCUT2D eigenvalue weighted by Crippen LogP contribution is 2.25. The summed E-state index contributed by atoms with van der Waals surface area (Å²) in [5.74, 6) is -0.0685. The van der Waals surface area contributed by atoms with Gasteiger partial charge in [-0.25, -0.2) is 4.98 Å². The Morgan fingerprint density at radius 2 is 2.00 bits per heavy atom. The Morgan fingerprint density at radius 3 is 2.57 bits per heavy atom. The van der Waals surface area contributed by atoms with E-state index in [9.17, 15) is 4.79 Å². The lowest BCUT2D eigenvalue weighted by molar-refractivity contribution is 0.0941. The first-order valence-electron chi connectivity index (χ1n) is 6.95. The van der Waals surface area contributed by atoms with Gasteiger partial charge in [0.25, 0.3) is 5.91 Å². The second kappa shape index (κ2) is 6.26. The van der Waals surface area contributed by atoms with E-state index in [0.29, 0.717) is 5.56 Å². The molecule has 112 valence electrons. The molecule has 1 amide bonds. The van der Waals surface area contributed by atoms with E-state index in [0.717, 1.165) is 26.8 Å². The van der Waals surface area contributed by atoms with Gasteiger partial charge in [0.05, 0.1) is 22.3 Å². The van der Waals surface area contributed by atoms with Crippen molar-refractivity contribution in [3.63, 3.8) is 0 Å². The van der Waals surface area contributed by atoms with Crippen LogP contribution in [0.4, 0.5) is 5.69 Å². The second-order valence-electron chi connectivity index (χ2n) is 5.18. The topological polar surface area (TPSA) is 54.0 Å². The molecule has 1 aromatic carbocycles. The number of aryl methyl sites for hydroxylation is 3. The van der Waals surface area contributed by atoms with Crippen molar-refractivity contribution < 1.29 is 4.79 Å². The average Bonchev–Trinajstić information content (AvgIpc) is 2.77. The third kappa shape index (κ3) is 3.42. The predicted octanol–water partition coefficient (Wildman–Crippen LogP) is 3.60. The number of thiazole rings is 1. The van der Waals surface area contributed by atoms with E-state index < -0.39 is 0 Å². The van der Waals surface area contributed by atoms with Gasteiger partial charge in [0.15, 0.2) is 0 Å². The van der Waals surface area contributed by atoms with E-state index in [1.165, 1.54) is 0 Å². The molecule has 2 aromatic rings. The Balaban J connectivity index is 2.22. The van der Waals surface area contributed by atoms with E-state index in [2.05, 4.69) is 15.6 Å². The molecule has 0 saturated carbocycles. The monoisotopic (exact) mass is 303 g/mol. The van der Waals surface area contributed by atoms with Crippen LogP contribution in [0.25, 0.3) is 0 Å². The number of amides is 1. The van der Waals surface area contributed by atoms with Crippen LogP contribution in [0.15, 0.2) is 18.2 Å². The summed E-state index contributed by atoms with van der Waals surface area (Å²) in [7, 11) is 1.82. The van der Waals surface area contributed by atoms with Gasteiger partial charge in [0, 0.05) is 17.6 Å². The van der Waals surface area contributed by atoms with Gasteiger partial charge in [-0.15, -0.1) is 11.3 Å². The number of rotatable bonds is 4. The van der Waals surface area contributed by atoms with Crippen LogP contribution < -0.4 is 10.6 Å². The van der Waals surface area contributed by atoms with Crippen LogP contribution in [-0.4, -0.2) is 17.9 Å². The zero-order valence-corrected chi connectivity index (χ0v) is 13.9. The first-order valence-corrected chi connectivity index (χ1v) is 7.77. The molecule has 0 spiro atoms. The number of nitrogens with one attached hydrogen (secondary N) is 2. The smallest absolute Gasteiger partial charge is 0.253 e. The second-order valence-corrected chi connectivity index (χ2v) is 6.41. The molecule has 0 aliphatic heterocycles. The zero-order valence-electron chi connectivity index (χ0n) is 13.1. The Bertz CT molecular complexity index is 664. The van der Waals surface area contributed by atoms with Gasteiger partial charge in [-0.05, 0) is 39.8 Å². The number of benzene rings is 1. The van der Waals surface area contributed by atoms with Gasteiger partial charge in [0.1, 0.15) is 0 Å². The first-order chi connectivity index (χ1) is 9.92. The Labute approximate surface area is 129 Å². The molecule has 0 bridgehead atoms. The molecule has 2 N–H and O–H groups in total. The summed E-state index contributed by atoms with van der Waals surface area (Å²) in [6.07, 6.45) is 0. The van der Waals surface area contributed by atoms with Crippen molar-refractivity contribution in [1.82, 2.24) is 10.3 Å². The Kier molecular flexibility index (Phi) is 4.63. The average molecular weight is 303 g/mol. The third-order valence-electron chi connectivity index (χ3n) is 3.37. The molecular formula is C16H21N3OS. The van der Waals surface area contributed by atoms with Crippen LogP contribution >= 0.6 is 11.3 Å². The highest BCUT2D eigenvalue weighted by atomic mass is 32.1. The van der Waals surface area contributed by atoms with Gasteiger partial charge >= 0.3 is 0 Å². The highest BCUT2D eigenvalue weighted by Gasteiger charge is 2.18. The number of carbonyl (C=O) groups excluding carboxylic acids is 1. The van der Waals surface area contributed by atoms with Crippen LogP contribution in [0.1, 0.15) is 44.5 Å². The standard InChI is InChI=1S/C16H21N3OS/c1-9-6-7-14(17-5)13(8-9)16(20)19-11(3)15-10(2)18-12(4)21-15/h6-8,11,17H,1-5H3,(H,19,20). The lowest BCUT2D eigenvalue weighted by Gasteiger charge is -2.15. The van der Waals surface area contributed by atoms with Crippen LogP contribution in [0, 0.1) is 20.8 Å². The SMILES string of the molecule is CNc1ccc(C)cc1C(=O)NC(C)c1sc(C)nc1C. The van der Waals surface area contributed by atoms with E-state index in [-0.39, 0.29) is 11.9 Å². The minimum absolute atomic E-state index is 0.0473. The number of aromatic nitrogens is 1. The fourth-order valence-corrected chi connectivity index (χ4v) is 3.28. The number of anilines is 1. The van der Waals surface area contributed by atoms with Gasteiger partial charge in [-0.2, -0.15) is 0 Å². The van der Waals surface area contributed by atoms with Gasteiger partial charge in [-0.3, -0.25) is 4.79 Å². The van der Waals surface area contributed by atoms with Gasteiger partial charge in [0.2, 0.25) is 0 Å². The van der Waals surface area contributed by atoms with Crippen LogP contribution in [0.2, 0.25) is 0 Å². The fraction of sp³-hybridized carbons (Fsp3) is 0.375. The van der Waals surface area contributed by atoms with Crippen LogP contribution in [0.3, 0.4) is 0 Å². The molecule has 1 heterocycles. The zero-order chi connectivity index (χ0) is 15.6.